The molecule has 9 heteroatoms. The van der Waals surface area contributed by atoms with E-state index in [1.54, 1.807) is 42.5 Å². The number of amides is 1. The Hall–Kier alpha value is -2.94. The molecule has 1 N–H and O–H groups in total. The number of carbonyl (C=O) groups excluding carboxylic acids is 1. The van der Waals surface area contributed by atoms with Crippen molar-refractivity contribution in [2.75, 3.05) is 38.4 Å². The van der Waals surface area contributed by atoms with E-state index in [4.69, 9.17) is 14.2 Å². The van der Waals surface area contributed by atoms with Crippen LogP contribution < -0.4 is 23.8 Å². The third kappa shape index (κ3) is 5.29. The monoisotopic (exact) mass is 408 g/mol. The molecule has 0 spiro atoms. The largest absolute Gasteiger partial charge is 0.493 e. The molecular formula is C19H24N2O6S. The fourth-order valence-corrected chi connectivity index (χ4v) is 3.48. The van der Waals surface area contributed by atoms with Gasteiger partial charge < -0.3 is 19.5 Å². The Labute approximate surface area is 165 Å². The van der Waals surface area contributed by atoms with Gasteiger partial charge in [-0.15, -0.1) is 0 Å². The number of nitrogens with one attached hydrogen (secondary N) is 1. The summed E-state index contributed by atoms with van der Waals surface area (Å²) < 4.78 is 41.1. The maximum absolute atomic E-state index is 12.4. The molecule has 0 aliphatic carbocycles. The third-order valence-corrected chi connectivity index (χ3v) is 5.09. The van der Waals surface area contributed by atoms with Crippen LogP contribution in [0.2, 0.25) is 0 Å². The molecule has 0 unspecified atom stereocenters. The van der Waals surface area contributed by atoms with Crippen molar-refractivity contribution in [1.29, 1.82) is 0 Å². The zero-order chi connectivity index (χ0) is 20.7. The van der Waals surface area contributed by atoms with Crippen molar-refractivity contribution in [3.8, 4) is 17.2 Å². The van der Waals surface area contributed by atoms with Gasteiger partial charge in [-0.3, -0.25) is 9.10 Å². The topological polar surface area (TPSA) is 94.2 Å². The summed E-state index contributed by atoms with van der Waals surface area (Å²) in [7, 11) is 0.902. The number of carbonyl (C=O) groups is 1. The number of nitrogens with zero attached hydrogens (tertiary/aromatic N) is 1. The van der Waals surface area contributed by atoms with E-state index in [9.17, 15) is 13.2 Å². The molecule has 28 heavy (non-hydrogen) atoms. The van der Waals surface area contributed by atoms with Crippen LogP contribution in [0.15, 0.2) is 42.5 Å². The van der Waals surface area contributed by atoms with Crippen LogP contribution in [0.4, 0.5) is 5.69 Å². The smallest absolute Gasteiger partial charge is 0.241 e. The lowest BCUT2D eigenvalue weighted by Gasteiger charge is -2.22. The molecule has 2 rings (SSSR count). The maximum Gasteiger partial charge on any atom is 0.241 e. The number of anilines is 1. The zero-order valence-corrected chi connectivity index (χ0v) is 17.1. The van der Waals surface area contributed by atoms with Gasteiger partial charge in [0.05, 0.1) is 33.3 Å². The van der Waals surface area contributed by atoms with Crippen molar-refractivity contribution >= 4 is 21.6 Å². The third-order valence-electron chi connectivity index (χ3n) is 3.95. The van der Waals surface area contributed by atoms with Crippen LogP contribution in [0, 0.1) is 0 Å². The number of hydrogen-bond acceptors (Lipinski definition) is 6. The fraction of sp³-hybridized carbons (Fsp3) is 0.316. The normalized spacial score (nSPS) is 10.9. The molecule has 8 nitrogen and oxygen atoms in total. The summed E-state index contributed by atoms with van der Waals surface area (Å²) >= 11 is 0. The Morgan fingerprint density at radius 2 is 1.57 bits per heavy atom. The van der Waals surface area contributed by atoms with E-state index in [1.807, 2.05) is 0 Å². The Balaban J connectivity index is 2.13. The average Bonchev–Trinajstić information content (AvgIpc) is 2.69. The molecule has 0 bridgehead atoms. The molecule has 0 aromatic heterocycles. The predicted molar refractivity (Wildman–Crippen MR) is 107 cm³/mol. The van der Waals surface area contributed by atoms with Gasteiger partial charge >= 0.3 is 0 Å². The Morgan fingerprint density at radius 3 is 2.04 bits per heavy atom. The van der Waals surface area contributed by atoms with Crippen molar-refractivity contribution in [2.24, 2.45) is 0 Å². The van der Waals surface area contributed by atoms with E-state index in [-0.39, 0.29) is 13.1 Å². The molecule has 0 aliphatic heterocycles. The Morgan fingerprint density at radius 1 is 1.00 bits per heavy atom. The standard InChI is InChI=1S/C19H24N2O6S/c1-25-16-10-14(11-17(26-2)19(16)27-3)12-20-18(22)13-21(28(4,23)24)15-8-6-5-7-9-15/h5-11H,12-13H2,1-4H3,(H,20,22). The van der Waals surface area contributed by atoms with Gasteiger partial charge in [0.25, 0.3) is 0 Å². The highest BCUT2D eigenvalue weighted by Crippen LogP contribution is 2.38. The Kier molecular flexibility index (Phi) is 7.11. The van der Waals surface area contributed by atoms with Crippen LogP contribution in [0.3, 0.4) is 0 Å². The first-order valence-electron chi connectivity index (χ1n) is 8.38. The SMILES string of the molecule is COc1cc(CNC(=O)CN(c2ccccc2)S(C)(=O)=O)cc(OC)c1OC. The molecule has 0 fully saturated rings. The number of benzene rings is 2. The van der Waals surface area contributed by atoms with Crippen LogP contribution in [-0.4, -0.2) is 48.5 Å². The zero-order valence-electron chi connectivity index (χ0n) is 16.3. The molecule has 0 heterocycles. The molecule has 0 saturated carbocycles. The number of sulfonamides is 1. The molecule has 1 amide bonds. The quantitative estimate of drug-likeness (QED) is 0.680. The van der Waals surface area contributed by atoms with E-state index in [1.165, 1.54) is 21.3 Å². The van der Waals surface area contributed by atoms with Gasteiger partial charge in [0, 0.05) is 6.54 Å². The van der Waals surface area contributed by atoms with Crippen LogP contribution >= 0.6 is 0 Å². The predicted octanol–water partition coefficient (Wildman–Crippen LogP) is 1.79. The highest BCUT2D eigenvalue weighted by molar-refractivity contribution is 7.92. The molecule has 0 saturated heterocycles. The van der Waals surface area contributed by atoms with E-state index in [0.717, 1.165) is 10.6 Å². The molecular weight excluding hydrogens is 384 g/mol. The minimum atomic E-state index is -3.61. The fourth-order valence-electron chi connectivity index (χ4n) is 2.62. The number of hydrogen-bond donors (Lipinski definition) is 1. The van der Waals surface area contributed by atoms with E-state index >= 15 is 0 Å². The summed E-state index contributed by atoms with van der Waals surface area (Å²) in [5.41, 5.74) is 1.14. The summed E-state index contributed by atoms with van der Waals surface area (Å²) in [6.07, 6.45) is 1.06. The lowest BCUT2D eigenvalue weighted by molar-refractivity contribution is -0.119. The number of rotatable bonds is 9. The summed E-state index contributed by atoms with van der Waals surface area (Å²) in [6.45, 7) is -0.158. The second-order valence-corrected chi connectivity index (χ2v) is 7.82. The van der Waals surface area contributed by atoms with Gasteiger partial charge in [-0.25, -0.2) is 8.42 Å². The van der Waals surface area contributed by atoms with Gasteiger partial charge in [-0.1, -0.05) is 18.2 Å². The average molecular weight is 408 g/mol. The van der Waals surface area contributed by atoms with Crippen LogP contribution in [-0.2, 0) is 21.4 Å². The highest BCUT2D eigenvalue weighted by Gasteiger charge is 2.21. The molecule has 0 aliphatic rings. The minimum Gasteiger partial charge on any atom is -0.493 e. The first-order chi connectivity index (χ1) is 13.3. The molecule has 2 aromatic rings. The van der Waals surface area contributed by atoms with Crippen LogP contribution in [0.5, 0.6) is 17.2 Å². The second-order valence-electron chi connectivity index (χ2n) is 5.92. The van der Waals surface area contributed by atoms with Gasteiger partial charge in [-0.05, 0) is 29.8 Å². The number of methoxy groups -OCH3 is 3. The molecule has 0 radical (unpaired) electrons. The number of para-hydroxylation sites is 1. The summed E-state index contributed by atoms with van der Waals surface area (Å²) in [4.78, 5) is 12.4. The van der Waals surface area contributed by atoms with Crippen molar-refractivity contribution < 1.29 is 27.4 Å². The Bertz CT molecular complexity index is 890. The summed E-state index contributed by atoms with van der Waals surface area (Å²) in [6, 6.07) is 11.9. The summed E-state index contributed by atoms with van der Waals surface area (Å²) in [5, 5.41) is 2.71. The highest BCUT2D eigenvalue weighted by atomic mass is 32.2. The van der Waals surface area contributed by atoms with Crippen molar-refractivity contribution in [3.05, 3.63) is 48.0 Å². The molecule has 2 aromatic carbocycles. The first kappa shape index (κ1) is 21.4. The molecule has 0 atom stereocenters. The van der Waals surface area contributed by atoms with Crippen LogP contribution in [0.25, 0.3) is 0 Å². The van der Waals surface area contributed by atoms with Crippen LogP contribution in [0.1, 0.15) is 5.56 Å². The van der Waals surface area contributed by atoms with Gasteiger partial charge in [-0.2, -0.15) is 0 Å². The lowest BCUT2D eigenvalue weighted by Crippen LogP contribution is -2.40. The van der Waals surface area contributed by atoms with Gasteiger partial charge in [0.1, 0.15) is 6.54 Å². The first-order valence-corrected chi connectivity index (χ1v) is 10.2. The minimum absolute atomic E-state index is 0.169. The summed E-state index contributed by atoms with van der Waals surface area (Å²) in [5.74, 6) is 0.941. The van der Waals surface area contributed by atoms with E-state index < -0.39 is 15.9 Å². The van der Waals surface area contributed by atoms with E-state index in [2.05, 4.69) is 5.32 Å². The second kappa shape index (κ2) is 9.32. The van der Waals surface area contributed by atoms with Gasteiger partial charge in [0.15, 0.2) is 11.5 Å². The van der Waals surface area contributed by atoms with Gasteiger partial charge in [0.2, 0.25) is 21.7 Å². The van der Waals surface area contributed by atoms with Crippen molar-refractivity contribution in [3.63, 3.8) is 0 Å². The maximum atomic E-state index is 12.4. The molecule has 152 valence electrons. The van der Waals surface area contributed by atoms with E-state index in [0.29, 0.717) is 28.5 Å². The number of ether oxygens (including phenoxy) is 3. The van der Waals surface area contributed by atoms with Crippen molar-refractivity contribution in [2.45, 2.75) is 6.54 Å². The lowest BCUT2D eigenvalue weighted by atomic mass is 10.1. The van der Waals surface area contributed by atoms with Crippen molar-refractivity contribution in [1.82, 2.24) is 5.32 Å².